The van der Waals surface area contributed by atoms with Gasteiger partial charge in [-0.2, -0.15) is 0 Å². The van der Waals surface area contributed by atoms with Gasteiger partial charge in [-0.3, -0.25) is 9.69 Å². The van der Waals surface area contributed by atoms with E-state index in [1.165, 1.54) is 0 Å². The Labute approximate surface area is 126 Å². The fourth-order valence-corrected chi connectivity index (χ4v) is 2.76. The lowest BCUT2D eigenvalue weighted by Crippen LogP contribution is -2.53. The molecule has 1 aliphatic rings. The van der Waals surface area contributed by atoms with Crippen molar-refractivity contribution >= 4 is 11.6 Å². The number of amides is 1. The standard InChI is InChI=1S/C16H25N3O2/c1-16(2)11-19(9-8-14(16)17)10-15(20)18-12-6-4-5-7-13(12)21-3/h4-7,14H,8-11,17H2,1-3H3,(H,18,20). The van der Waals surface area contributed by atoms with E-state index in [-0.39, 0.29) is 17.4 Å². The quantitative estimate of drug-likeness (QED) is 0.886. The van der Waals surface area contributed by atoms with Crippen molar-refractivity contribution in [3.8, 4) is 5.75 Å². The smallest absolute Gasteiger partial charge is 0.238 e. The van der Waals surface area contributed by atoms with Gasteiger partial charge in [0.25, 0.3) is 0 Å². The van der Waals surface area contributed by atoms with E-state index < -0.39 is 0 Å². The van der Waals surface area contributed by atoms with Crippen molar-refractivity contribution in [2.75, 3.05) is 32.1 Å². The Hall–Kier alpha value is -1.59. The van der Waals surface area contributed by atoms with E-state index in [0.717, 1.165) is 19.5 Å². The second-order valence-corrected chi connectivity index (χ2v) is 6.34. The van der Waals surface area contributed by atoms with E-state index in [4.69, 9.17) is 10.5 Å². The molecular formula is C16H25N3O2. The molecule has 0 aromatic heterocycles. The van der Waals surface area contributed by atoms with Crippen LogP contribution in [0.3, 0.4) is 0 Å². The molecule has 0 radical (unpaired) electrons. The minimum absolute atomic E-state index is 0.0224. The van der Waals surface area contributed by atoms with Crippen LogP contribution in [0.25, 0.3) is 0 Å². The minimum Gasteiger partial charge on any atom is -0.495 e. The van der Waals surface area contributed by atoms with Crippen molar-refractivity contribution in [2.24, 2.45) is 11.1 Å². The zero-order valence-corrected chi connectivity index (χ0v) is 13.1. The molecule has 1 fully saturated rings. The number of para-hydroxylation sites is 2. The van der Waals surface area contributed by atoms with Gasteiger partial charge in [-0.05, 0) is 24.0 Å². The zero-order valence-electron chi connectivity index (χ0n) is 13.1. The molecule has 1 unspecified atom stereocenters. The highest BCUT2D eigenvalue weighted by Crippen LogP contribution is 2.28. The summed E-state index contributed by atoms with van der Waals surface area (Å²) in [5.74, 6) is 0.651. The summed E-state index contributed by atoms with van der Waals surface area (Å²) in [6.07, 6.45) is 0.926. The summed E-state index contributed by atoms with van der Waals surface area (Å²) in [4.78, 5) is 14.4. The molecule has 116 valence electrons. The van der Waals surface area contributed by atoms with E-state index in [1.807, 2.05) is 24.3 Å². The highest BCUT2D eigenvalue weighted by atomic mass is 16.5. The summed E-state index contributed by atoms with van der Waals surface area (Å²) in [7, 11) is 1.60. The Bertz CT molecular complexity index is 502. The first-order valence-corrected chi connectivity index (χ1v) is 7.33. The van der Waals surface area contributed by atoms with E-state index >= 15 is 0 Å². The van der Waals surface area contributed by atoms with E-state index in [1.54, 1.807) is 7.11 Å². The average molecular weight is 291 g/mol. The van der Waals surface area contributed by atoms with Gasteiger partial charge in [0.05, 0.1) is 19.3 Å². The highest BCUT2D eigenvalue weighted by Gasteiger charge is 2.33. The van der Waals surface area contributed by atoms with Gasteiger partial charge in [0.15, 0.2) is 0 Å². The van der Waals surface area contributed by atoms with Crippen LogP contribution in [0.5, 0.6) is 5.75 Å². The lowest BCUT2D eigenvalue weighted by molar-refractivity contribution is -0.118. The zero-order chi connectivity index (χ0) is 15.5. The molecule has 1 aromatic carbocycles. The summed E-state index contributed by atoms with van der Waals surface area (Å²) in [5, 5.41) is 2.91. The first kappa shape index (κ1) is 15.8. The fourth-order valence-electron chi connectivity index (χ4n) is 2.76. The summed E-state index contributed by atoms with van der Waals surface area (Å²) >= 11 is 0. The molecule has 5 nitrogen and oxygen atoms in total. The van der Waals surface area contributed by atoms with Crippen molar-refractivity contribution < 1.29 is 9.53 Å². The Morgan fingerprint density at radius 3 is 2.86 bits per heavy atom. The molecule has 1 atom stereocenters. The number of benzene rings is 1. The number of anilines is 1. The number of rotatable bonds is 4. The Kier molecular flexibility index (Phi) is 4.85. The van der Waals surface area contributed by atoms with Crippen molar-refractivity contribution in [3.05, 3.63) is 24.3 Å². The topological polar surface area (TPSA) is 67.6 Å². The van der Waals surface area contributed by atoms with Crippen molar-refractivity contribution in [1.29, 1.82) is 0 Å². The van der Waals surface area contributed by atoms with E-state index in [0.29, 0.717) is 18.0 Å². The molecule has 2 rings (SSSR count). The number of piperidine rings is 1. The van der Waals surface area contributed by atoms with Crippen LogP contribution in [0.1, 0.15) is 20.3 Å². The maximum absolute atomic E-state index is 12.2. The molecular weight excluding hydrogens is 266 g/mol. The van der Waals surface area contributed by atoms with Crippen LogP contribution < -0.4 is 15.8 Å². The van der Waals surface area contributed by atoms with Gasteiger partial charge in [-0.25, -0.2) is 0 Å². The number of hydrogen-bond donors (Lipinski definition) is 2. The number of methoxy groups -OCH3 is 1. The second kappa shape index (κ2) is 6.45. The number of carbonyl (C=O) groups excluding carboxylic acids is 1. The van der Waals surface area contributed by atoms with Crippen LogP contribution in [0.15, 0.2) is 24.3 Å². The average Bonchev–Trinajstić information content (AvgIpc) is 2.43. The van der Waals surface area contributed by atoms with Gasteiger partial charge in [0, 0.05) is 19.1 Å². The van der Waals surface area contributed by atoms with Gasteiger partial charge in [0.1, 0.15) is 5.75 Å². The Morgan fingerprint density at radius 1 is 1.48 bits per heavy atom. The van der Waals surface area contributed by atoms with E-state index in [2.05, 4.69) is 24.1 Å². The van der Waals surface area contributed by atoms with Crippen LogP contribution in [-0.2, 0) is 4.79 Å². The van der Waals surface area contributed by atoms with Gasteiger partial charge in [-0.15, -0.1) is 0 Å². The molecule has 1 aliphatic heterocycles. The summed E-state index contributed by atoms with van der Waals surface area (Å²) < 4.78 is 5.24. The maximum Gasteiger partial charge on any atom is 0.238 e. The molecule has 0 bridgehead atoms. The number of ether oxygens (including phenoxy) is 1. The first-order valence-electron chi connectivity index (χ1n) is 7.33. The fraction of sp³-hybridized carbons (Fsp3) is 0.562. The lowest BCUT2D eigenvalue weighted by atomic mass is 9.80. The predicted octanol–water partition coefficient (Wildman–Crippen LogP) is 1.69. The highest BCUT2D eigenvalue weighted by molar-refractivity contribution is 5.93. The van der Waals surface area contributed by atoms with Gasteiger partial charge in [-0.1, -0.05) is 26.0 Å². The van der Waals surface area contributed by atoms with Crippen LogP contribution in [0.2, 0.25) is 0 Å². The minimum atomic E-state index is -0.0224. The normalized spacial score (nSPS) is 21.8. The van der Waals surface area contributed by atoms with Crippen LogP contribution >= 0.6 is 0 Å². The third-order valence-corrected chi connectivity index (χ3v) is 4.14. The largest absolute Gasteiger partial charge is 0.495 e. The SMILES string of the molecule is COc1ccccc1NC(=O)CN1CCC(N)C(C)(C)C1. The Morgan fingerprint density at radius 2 is 2.19 bits per heavy atom. The van der Waals surface area contributed by atoms with Gasteiger partial charge >= 0.3 is 0 Å². The number of nitrogens with two attached hydrogens (primary N) is 1. The Balaban J connectivity index is 1.93. The molecule has 3 N–H and O–H groups in total. The third-order valence-electron chi connectivity index (χ3n) is 4.14. The number of hydrogen-bond acceptors (Lipinski definition) is 4. The summed E-state index contributed by atoms with van der Waals surface area (Å²) in [6, 6.07) is 7.63. The van der Waals surface area contributed by atoms with Crippen LogP contribution in [-0.4, -0.2) is 43.6 Å². The van der Waals surface area contributed by atoms with Crippen molar-refractivity contribution in [1.82, 2.24) is 4.90 Å². The monoisotopic (exact) mass is 291 g/mol. The number of likely N-dealkylation sites (tertiary alicyclic amines) is 1. The summed E-state index contributed by atoms with van der Waals surface area (Å²) in [6.45, 7) is 6.40. The van der Waals surface area contributed by atoms with E-state index in [9.17, 15) is 4.79 Å². The molecule has 1 saturated heterocycles. The molecule has 5 heteroatoms. The molecule has 1 amide bonds. The van der Waals surface area contributed by atoms with Crippen molar-refractivity contribution in [3.63, 3.8) is 0 Å². The van der Waals surface area contributed by atoms with Gasteiger partial charge in [0.2, 0.25) is 5.91 Å². The predicted molar refractivity (Wildman–Crippen MR) is 84.4 cm³/mol. The summed E-state index contributed by atoms with van der Waals surface area (Å²) in [5.41, 5.74) is 6.87. The number of nitrogens with one attached hydrogen (secondary N) is 1. The molecule has 1 aromatic rings. The molecule has 0 aliphatic carbocycles. The maximum atomic E-state index is 12.2. The molecule has 21 heavy (non-hydrogen) atoms. The third kappa shape index (κ3) is 3.95. The molecule has 0 saturated carbocycles. The number of nitrogens with zero attached hydrogens (tertiary/aromatic N) is 1. The van der Waals surface area contributed by atoms with Crippen LogP contribution in [0.4, 0.5) is 5.69 Å². The molecule has 1 heterocycles. The molecule has 0 spiro atoms. The van der Waals surface area contributed by atoms with Gasteiger partial charge < -0.3 is 15.8 Å². The second-order valence-electron chi connectivity index (χ2n) is 6.34. The lowest BCUT2D eigenvalue weighted by Gasteiger charge is -2.42. The first-order chi connectivity index (χ1) is 9.92. The van der Waals surface area contributed by atoms with Crippen LogP contribution in [0, 0.1) is 5.41 Å². The van der Waals surface area contributed by atoms with Crippen molar-refractivity contribution in [2.45, 2.75) is 26.3 Å². The number of carbonyl (C=O) groups is 1.